The zero-order valence-corrected chi connectivity index (χ0v) is 14.9. The first kappa shape index (κ1) is 17.6. The van der Waals surface area contributed by atoms with Crippen LogP contribution in [0.1, 0.15) is 43.1 Å². The Morgan fingerprint density at radius 2 is 2.16 bits per heavy atom. The van der Waals surface area contributed by atoms with Crippen molar-refractivity contribution in [2.24, 2.45) is 17.6 Å². The fourth-order valence-corrected chi connectivity index (χ4v) is 3.52. The third kappa shape index (κ3) is 4.25. The lowest BCUT2D eigenvalue weighted by atomic mass is 9.90. The molecule has 2 aromatic rings. The van der Waals surface area contributed by atoms with Crippen LogP contribution in [-0.4, -0.2) is 34.0 Å². The van der Waals surface area contributed by atoms with Gasteiger partial charge in [-0.15, -0.1) is 0 Å². The summed E-state index contributed by atoms with van der Waals surface area (Å²) in [5.41, 5.74) is 7.33. The van der Waals surface area contributed by atoms with E-state index in [4.69, 9.17) is 10.3 Å². The summed E-state index contributed by atoms with van der Waals surface area (Å²) in [5, 5.41) is 3.97. The lowest BCUT2D eigenvalue weighted by molar-refractivity contribution is -0.137. The largest absolute Gasteiger partial charge is 0.342 e. The van der Waals surface area contributed by atoms with Crippen LogP contribution in [0, 0.1) is 18.8 Å². The average molecular weight is 342 g/mol. The van der Waals surface area contributed by atoms with Crippen molar-refractivity contribution < 1.29 is 9.32 Å². The van der Waals surface area contributed by atoms with Gasteiger partial charge in [-0.3, -0.25) is 4.79 Å². The van der Waals surface area contributed by atoms with Gasteiger partial charge < -0.3 is 15.2 Å². The van der Waals surface area contributed by atoms with Crippen molar-refractivity contribution in [1.29, 1.82) is 0 Å². The second-order valence-electron chi connectivity index (χ2n) is 6.95. The Labute approximate surface area is 148 Å². The summed E-state index contributed by atoms with van der Waals surface area (Å²) in [4.78, 5) is 19.1. The Kier molecular flexibility index (Phi) is 5.48. The van der Waals surface area contributed by atoms with E-state index in [2.05, 4.69) is 10.1 Å². The maximum atomic E-state index is 12.9. The molecule has 3 atom stereocenters. The van der Waals surface area contributed by atoms with Gasteiger partial charge in [0.2, 0.25) is 11.8 Å². The van der Waals surface area contributed by atoms with Crippen molar-refractivity contribution in [3.63, 3.8) is 0 Å². The molecule has 3 rings (SSSR count). The summed E-state index contributed by atoms with van der Waals surface area (Å²) in [7, 11) is 0. The molecule has 1 aliphatic rings. The van der Waals surface area contributed by atoms with E-state index in [0.717, 1.165) is 43.7 Å². The van der Waals surface area contributed by atoms with Gasteiger partial charge in [0.1, 0.15) is 0 Å². The topological polar surface area (TPSA) is 85.2 Å². The number of aryl methyl sites for hydroxylation is 1. The standard InChI is InChI=1S/C19H26N4O2/c1-13(18(20)16-8-4-3-5-9-16)19(24)23-10-6-7-15(12-23)11-17-21-14(2)25-22-17/h3-5,8-9,13,15,18H,6-7,10-12,20H2,1-2H3. The predicted octanol–water partition coefficient (Wildman–Crippen LogP) is 2.50. The number of rotatable bonds is 5. The molecule has 1 aliphatic heterocycles. The van der Waals surface area contributed by atoms with Crippen molar-refractivity contribution in [2.45, 2.75) is 39.2 Å². The third-order valence-corrected chi connectivity index (χ3v) is 4.98. The molecule has 0 saturated carbocycles. The summed E-state index contributed by atoms with van der Waals surface area (Å²) in [6, 6.07) is 9.54. The quantitative estimate of drug-likeness (QED) is 0.902. The second-order valence-corrected chi connectivity index (χ2v) is 6.95. The molecule has 6 heteroatoms. The average Bonchev–Trinajstić information content (AvgIpc) is 3.05. The maximum absolute atomic E-state index is 12.9. The van der Waals surface area contributed by atoms with Crippen molar-refractivity contribution in [3.8, 4) is 0 Å². The summed E-state index contributed by atoms with van der Waals surface area (Å²) in [5.74, 6) is 1.57. The summed E-state index contributed by atoms with van der Waals surface area (Å²) in [6.07, 6.45) is 2.83. The molecular weight excluding hydrogens is 316 g/mol. The normalized spacial score (nSPS) is 20.3. The number of aromatic nitrogens is 2. The lowest BCUT2D eigenvalue weighted by Gasteiger charge is -2.35. The van der Waals surface area contributed by atoms with Gasteiger partial charge in [-0.1, -0.05) is 42.4 Å². The number of carbonyl (C=O) groups is 1. The molecule has 1 aromatic heterocycles. The fourth-order valence-electron chi connectivity index (χ4n) is 3.52. The number of amides is 1. The lowest BCUT2D eigenvalue weighted by Crippen LogP contribution is -2.45. The zero-order chi connectivity index (χ0) is 17.8. The molecule has 6 nitrogen and oxygen atoms in total. The molecule has 2 heterocycles. The van der Waals surface area contributed by atoms with Crippen LogP contribution >= 0.6 is 0 Å². The van der Waals surface area contributed by atoms with Crippen LogP contribution < -0.4 is 5.73 Å². The number of hydrogen-bond donors (Lipinski definition) is 1. The third-order valence-electron chi connectivity index (χ3n) is 4.98. The Morgan fingerprint density at radius 1 is 1.40 bits per heavy atom. The molecule has 0 spiro atoms. The summed E-state index contributed by atoms with van der Waals surface area (Å²) in [6.45, 7) is 5.25. The molecule has 1 amide bonds. The van der Waals surface area contributed by atoms with Crippen LogP contribution in [0.5, 0.6) is 0 Å². The SMILES string of the molecule is Cc1nc(CC2CCCN(C(=O)C(C)C(N)c3ccccc3)C2)no1. The molecule has 134 valence electrons. The molecule has 3 unspecified atom stereocenters. The summed E-state index contributed by atoms with van der Waals surface area (Å²) >= 11 is 0. The number of benzene rings is 1. The monoisotopic (exact) mass is 342 g/mol. The number of carbonyl (C=O) groups excluding carboxylic acids is 1. The highest BCUT2D eigenvalue weighted by Crippen LogP contribution is 2.25. The van der Waals surface area contributed by atoms with E-state index < -0.39 is 0 Å². The molecule has 1 fully saturated rings. The van der Waals surface area contributed by atoms with Crippen LogP contribution in [0.2, 0.25) is 0 Å². The van der Waals surface area contributed by atoms with Crippen LogP contribution in [0.15, 0.2) is 34.9 Å². The Hall–Kier alpha value is -2.21. The first-order chi connectivity index (χ1) is 12.0. The summed E-state index contributed by atoms with van der Waals surface area (Å²) < 4.78 is 5.04. The van der Waals surface area contributed by atoms with Gasteiger partial charge >= 0.3 is 0 Å². The first-order valence-corrected chi connectivity index (χ1v) is 8.93. The van der Waals surface area contributed by atoms with Crippen molar-refractivity contribution in [1.82, 2.24) is 15.0 Å². The molecule has 25 heavy (non-hydrogen) atoms. The molecule has 1 aromatic carbocycles. The van der Waals surface area contributed by atoms with Crippen molar-refractivity contribution in [2.75, 3.05) is 13.1 Å². The smallest absolute Gasteiger partial charge is 0.227 e. The van der Waals surface area contributed by atoms with Crippen LogP contribution in [0.25, 0.3) is 0 Å². The van der Waals surface area contributed by atoms with Gasteiger partial charge in [0.15, 0.2) is 5.82 Å². The van der Waals surface area contributed by atoms with Gasteiger partial charge in [0, 0.05) is 32.5 Å². The Balaban J connectivity index is 1.61. The van der Waals surface area contributed by atoms with Crippen molar-refractivity contribution >= 4 is 5.91 Å². The number of likely N-dealkylation sites (tertiary alicyclic amines) is 1. The Bertz CT molecular complexity index is 700. The minimum Gasteiger partial charge on any atom is -0.342 e. The Morgan fingerprint density at radius 3 is 2.84 bits per heavy atom. The molecule has 2 N–H and O–H groups in total. The highest BCUT2D eigenvalue weighted by molar-refractivity contribution is 5.79. The first-order valence-electron chi connectivity index (χ1n) is 8.93. The number of piperidine rings is 1. The van der Waals surface area contributed by atoms with Crippen LogP contribution in [0.4, 0.5) is 0 Å². The van der Waals surface area contributed by atoms with E-state index in [-0.39, 0.29) is 17.9 Å². The number of hydrogen-bond acceptors (Lipinski definition) is 5. The van der Waals surface area contributed by atoms with Gasteiger partial charge in [0.25, 0.3) is 0 Å². The van der Waals surface area contributed by atoms with E-state index in [9.17, 15) is 4.79 Å². The van der Waals surface area contributed by atoms with Crippen LogP contribution in [-0.2, 0) is 11.2 Å². The molecule has 1 saturated heterocycles. The van der Waals surface area contributed by atoms with Gasteiger partial charge in [0.05, 0.1) is 5.92 Å². The van der Waals surface area contributed by atoms with Crippen LogP contribution in [0.3, 0.4) is 0 Å². The second kappa shape index (κ2) is 7.78. The molecular formula is C19H26N4O2. The minimum absolute atomic E-state index is 0.130. The maximum Gasteiger partial charge on any atom is 0.227 e. The highest BCUT2D eigenvalue weighted by atomic mass is 16.5. The minimum atomic E-state index is -0.283. The number of nitrogens with two attached hydrogens (primary N) is 1. The molecule has 0 radical (unpaired) electrons. The van der Waals surface area contributed by atoms with E-state index in [1.54, 1.807) is 6.92 Å². The fraction of sp³-hybridized carbons (Fsp3) is 0.526. The van der Waals surface area contributed by atoms with E-state index in [1.165, 1.54) is 0 Å². The van der Waals surface area contributed by atoms with E-state index >= 15 is 0 Å². The van der Waals surface area contributed by atoms with Gasteiger partial charge in [-0.05, 0) is 24.3 Å². The predicted molar refractivity (Wildman–Crippen MR) is 94.6 cm³/mol. The number of nitrogens with zero attached hydrogens (tertiary/aromatic N) is 3. The van der Waals surface area contributed by atoms with Gasteiger partial charge in [-0.25, -0.2) is 0 Å². The molecule has 0 bridgehead atoms. The zero-order valence-electron chi connectivity index (χ0n) is 14.9. The van der Waals surface area contributed by atoms with E-state index in [1.807, 2.05) is 42.2 Å². The van der Waals surface area contributed by atoms with E-state index in [0.29, 0.717) is 11.8 Å². The van der Waals surface area contributed by atoms with Gasteiger partial charge in [-0.2, -0.15) is 4.98 Å². The molecule has 0 aliphatic carbocycles. The van der Waals surface area contributed by atoms with Crippen molar-refractivity contribution in [3.05, 3.63) is 47.6 Å². The highest BCUT2D eigenvalue weighted by Gasteiger charge is 2.30.